The Morgan fingerprint density at radius 2 is 2.15 bits per heavy atom. The lowest BCUT2D eigenvalue weighted by Gasteiger charge is -2.30. The van der Waals surface area contributed by atoms with Gasteiger partial charge in [-0.3, -0.25) is 4.79 Å². The van der Waals surface area contributed by atoms with E-state index in [2.05, 4.69) is 22.7 Å². The third kappa shape index (κ3) is 4.81. The fourth-order valence-corrected chi connectivity index (χ4v) is 4.32. The zero-order valence-electron chi connectivity index (χ0n) is 15.4. The molecule has 2 N–H and O–H groups in total. The van der Waals surface area contributed by atoms with Gasteiger partial charge in [0.05, 0.1) is 11.3 Å². The van der Waals surface area contributed by atoms with Crippen molar-refractivity contribution in [3.05, 3.63) is 46.8 Å². The summed E-state index contributed by atoms with van der Waals surface area (Å²) >= 11 is 1.65. The van der Waals surface area contributed by atoms with Crippen LogP contribution in [-0.4, -0.2) is 30.2 Å². The van der Waals surface area contributed by atoms with Gasteiger partial charge in [0.15, 0.2) is 0 Å². The van der Waals surface area contributed by atoms with Crippen LogP contribution in [0.1, 0.15) is 40.7 Å². The molecule has 1 amide bonds. The average molecular weight is 396 g/mol. The third-order valence-electron chi connectivity index (χ3n) is 4.79. The van der Waals surface area contributed by atoms with Crippen molar-refractivity contribution in [1.82, 2.24) is 15.8 Å². The van der Waals surface area contributed by atoms with Crippen LogP contribution in [0.3, 0.4) is 0 Å². The van der Waals surface area contributed by atoms with Gasteiger partial charge in [-0.05, 0) is 51.4 Å². The van der Waals surface area contributed by atoms with Gasteiger partial charge in [0.1, 0.15) is 5.76 Å². The largest absolute Gasteiger partial charge is 0.361 e. The SMILES string of the molecule is Cc1noc(C)c1CSc1ccccc1C(=O)NC1CCNCC1C.Cl. The van der Waals surface area contributed by atoms with E-state index < -0.39 is 0 Å². The fraction of sp³-hybridized carbons (Fsp3) is 0.474. The summed E-state index contributed by atoms with van der Waals surface area (Å²) in [5.41, 5.74) is 2.76. The first-order valence-corrected chi connectivity index (χ1v) is 9.70. The van der Waals surface area contributed by atoms with Gasteiger partial charge in [-0.15, -0.1) is 24.2 Å². The lowest BCUT2D eigenvalue weighted by Crippen LogP contribution is -2.48. The summed E-state index contributed by atoms with van der Waals surface area (Å²) in [7, 11) is 0. The molecule has 0 aliphatic carbocycles. The van der Waals surface area contributed by atoms with Crippen molar-refractivity contribution in [2.45, 2.75) is 43.9 Å². The van der Waals surface area contributed by atoms with E-state index in [9.17, 15) is 4.79 Å². The Balaban J connectivity index is 0.00000243. The molecule has 2 unspecified atom stereocenters. The number of halogens is 1. The second kappa shape index (κ2) is 9.44. The van der Waals surface area contributed by atoms with E-state index >= 15 is 0 Å². The summed E-state index contributed by atoms with van der Waals surface area (Å²) in [5.74, 6) is 2.05. The van der Waals surface area contributed by atoms with Crippen molar-refractivity contribution in [3.8, 4) is 0 Å². The molecular weight excluding hydrogens is 370 g/mol. The van der Waals surface area contributed by atoms with Crippen LogP contribution in [0, 0.1) is 19.8 Å². The van der Waals surface area contributed by atoms with Crippen molar-refractivity contribution in [1.29, 1.82) is 0 Å². The van der Waals surface area contributed by atoms with Crippen LogP contribution in [-0.2, 0) is 5.75 Å². The van der Waals surface area contributed by atoms with Crippen LogP contribution in [0.4, 0.5) is 0 Å². The number of nitrogens with zero attached hydrogens (tertiary/aromatic N) is 1. The zero-order valence-corrected chi connectivity index (χ0v) is 17.0. The van der Waals surface area contributed by atoms with Crippen molar-refractivity contribution in [2.24, 2.45) is 5.92 Å². The number of amides is 1. The number of hydrogen-bond donors (Lipinski definition) is 2. The van der Waals surface area contributed by atoms with Gasteiger partial charge in [-0.2, -0.15) is 0 Å². The Kier molecular flexibility index (Phi) is 7.55. The van der Waals surface area contributed by atoms with E-state index in [-0.39, 0.29) is 24.4 Å². The minimum absolute atomic E-state index is 0. The lowest BCUT2D eigenvalue weighted by atomic mass is 9.95. The highest BCUT2D eigenvalue weighted by Gasteiger charge is 2.24. The highest BCUT2D eigenvalue weighted by Crippen LogP contribution is 2.29. The first-order chi connectivity index (χ1) is 12.1. The predicted octanol–water partition coefficient (Wildman–Crippen LogP) is 3.73. The van der Waals surface area contributed by atoms with Gasteiger partial charge in [0.2, 0.25) is 0 Å². The van der Waals surface area contributed by atoms with Crippen LogP contribution in [0.5, 0.6) is 0 Å². The number of carbonyl (C=O) groups excluding carboxylic acids is 1. The maximum Gasteiger partial charge on any atom is 0.252 e. The number of carbonyl (C=O) groups is 1. The number of nitrogens with one attached hydrogen (secondary N) is 2. The van der Waals surface area contributed by atoms with Gasteiger partial charge in [0.25, 0.3) is 5.91 Å². The highest BCUT2D eigenvalue weighted by atomic mass is 35.5. The second-order valence-electron chi connectivity index (χ2n) is 6.64. The Hall–Kier alpha value is -1.50. The number of hydrogen-bond acceptors (Lipinski definition) is 5. The molecule has 1 saturated heterocycles. The van der Waals surface area contributed by atoms with E-state index in [1.165, 1.54) is 0 Å². The molecule has 1 aliphatic heterocycles. The molecule has 7 heteroatoms. The van der Waals surface area contributed by atoms with Gasteiger partial charge >= 0.3 is 0 Å². The predicted molar refractivity (Wildman–Crippen MR) is 107 cm³/mol. The number of aromatic nitrogens is 1. The lowest BCUT2D eigenvalue weighted by molar-refractivity contribution is 0.0911. The molecule has 2 heterocycles. The molecular formula is C19H26ClN3O2S. The zero-order chi connectivity index (χ0) is 17.8. The number of aryl methyl sites for hydroxylation is 2. The van der Waals surface area contributed by atoms with Crippen LogP contribution in [0.15, 0.2) is 33.7 Å². The molecule has 142 valence electrons. The molecule has 0 spiro atoms. The molecule has 0 bridgehead atoms. The summed E-state index contributed by atoms with van der Waals surface area (Å²) in [6.45, 7) is 7.96. The molecule has 3 rings (SSSR count). The van der Waals surface area contributed by atoms with E-state index in [0.717, 1.165) is 52.7 Å². The Morgan fingerprint density at radius 1 is 1.38 bits per heavy atom. The molecule has 1 aromatic heterocycles. The standard InChI is InChI=1S/C19H25N3O2S.ClH/c1-12-10-20-9-8-17(12)21-19(23)15-6-4-5-7-18(15)25-11-16-13(2)22-24-14(16)3;/h4-7,12,17,20H,8-11H2,1-3H3,(H,21,23);1H. The van der Waals surface area contributed by atoms with E-state index in [1.54, 1.807) is 11.8 Å². The van der Waals surface area contributed by atoms with Gasteiger partial charge in [-0.1, -0.05) is 24.2 Å². The third-order valence-corrected chi connectivity index (χ3v) is 5.89. The van der Waals surface area contributed by atoms with Gasteiger partial charge in [-0.25, -0.2) is 0 Å². The van der Waals surface area contributed by atoms with E-state index in [0.29, 0.717) is 5.92 Å². The van der Waals surface area contributed by atoms with Crippen molar-refractivity contribution < 1.29 is 9.32 Å². The number of rotatable bonds is 5. The van der Waals surface area contributed by atoms with Crippen LogP contribution >= 0.6 is 24.2 Å². The van der Waals surface area contributed by atoms with Crippen molar-refractivity contribution >= 4 is 30.1 Å². The maximum atomic E-state index is 12.8. The number of thioether (sulfide) groups is 1. The first kappa shape index (κ1) is 20.8. The van der Waals surface area contributed by atoms with Crippen LogP contribution in [0.2, 0.25) is 0 Å². The number of benzene rings is 1. The average Bonchev–Trinajstić information content (AvgIpc) is 2.93. The molecule has 1 aromatic carbocycles. The Morgan fingerprint density at radius 3 is 2.85 bits per heavy atom. The molecule has 0 radical (unpaired) electrons. The molecule has 26 heavy (non-hydrogen) atoms. The molecule has 1 aliphatic rings. The minimum Gasteiger partial charge on any atom is -0.361 e. The normalized spacial score (nSPS) is 19.7. The van der Waals surface area contributed by atoms with Gasteiger partial charge in [0, 0.05) is 22.3 Å². The van der Waals surface area contributed by atoms with E-state index in [4.69, 9.17) is 4.52 Å². The maximum absolute atomic E-state index is 12.8. The Labute approximate surface area is 165 Å². The summed E-state index contributed by atoms with van der Waals surface area (Å²) < 4.78 is 5.23. The molecule has 5 nitrogen and oxygen atoms in total. The minimum atomic E-state index is 0. The van der Waals surface area contributed by atoms with Crippen molar-refractivity contribution in [2.75, 3.05) is 13.1 Å². The van der Waals surface area contributed by atoms with Crippen LogP contribution < -0.4 is 10.6 Å². The smallest absolute Gasteiger partial charge is 0.252 e. The van der Waals surface area contributed by atoms with Gasteiger partial charge < -0.3 is 15.2 Å². The van der Waals surface area contributed by atoms with Crippen molar-refractivity contribution in [3.63, 3.8) is 0 Å². The second-order valence-corrected chi connectivity index (χ2v) is 7.65. The van der Waals surface area contributed by atoms with E-state index in [1.807, 2.05) is 38.1 Å². The summed E-state index contributed by atoms with van der Waals surface area (Å²) in [4.78, 5) is 13.8. The molecule has 1 fully saturated rings. The monoisotopic (exact) mass is 395 g/mol. The summed E-state index contributed by atoms with van der Waals surface area (Å²) in [6.07, 6.45) is 0.974. The molecule has 2 atom stereocenters. The number of piperidine rings is 1. The summed E-state index contributed by atoms with van der Waals surface area (Å²) in [5, 5.41) is 10.6. The molecule has 2 aromatic rings. The highest BCUT2D eigenvalue weighted by molar-refractivity contribution is 7.98. The summed E-state index contributed by atoms with van der Waals surface area (Å²) in [6, 6.07) is 8.02. The Bertz CT molecular complexity index is 731. The molecule has 0 saturated carbocycles. The first-order valence-electron chi connectivity index (χ1n) is 8.71. The quantitative estimate of drug-likeness (QED) is 0.755. The topological polar surface area (TPSA) is 67.2 Å². The van der Waals surface area contributed by atoms with Crippen LogP contribution in [0.25, 0.3) is 0 Å². The fourth-order valence-electron chi connectivity index (χ4n) is 3.11.